The van der Waals surface area contributed by atoms with Crippen LogP contribution in [0, 0.1) is 0 Å². The number of hydrogen-bond donors (Lipinski definition) is 0. The van der Waals surface area contributed by atoms with Gasteiger partial charge in [-0.2, -0.15) is 0 Å². The summed E-state index contributed by atoms with van der Waals surface area (Å²) in [6, 6.07) is 0. The Hall–Kier alpha value is -1.59. The maximum atomic E-state index is 12.9. The highest BCUT2D eigenvalue weighted by atomic mass is 16.6. The van der Waals surface area contributed by atoms with E-state index in [0.717, 1.165) is 57.8 Å². The molecule has 1 unspecified atom stereocenters. The average molecular weight is 990 g/mol. The molecule has 0 N–H and O–H groups in total. The van der Waals surface area contributed by atoms with Gasteiger partial charge in [-0.3, -0.25) is 14.4 Å². The van der Waals surface area contributed by atoms with Crippen molar-refractivity contribution in [3.63, 3.8) is 0 Å². The van der Waals surface area contributed by atoms with Gasteiger partial charge in [0.15, 0.2) is 6.10 Å². The van der Waals surface area contributed by atoms with Crippen molar-refractivity contribution in [2.75, 3.05) is 13.2 Å². The molecule has 70 heavy (non-hydrogen) atoms. The van der Waals surface area contributed by atoms with Gasteiger partial charge in [0.25, 0.3) is 0 Å². The first-order valence-corrected chi connectivity index (χ1v) is 32.0. The molecule has 1 atom stereocenters. The SMILES string of the molecule is CCCCCCCCCCCCCCCCCCCCCCCCCC(=O)OCC(COC(=O)CCCCCCCCCCCCCCCC)OC(=O)CCCCCCCCCCCCCCCCC. The molecular formula is C64H124O6. The van der Waals surface area contributed by atoms with Crippen molar-refractivity contribution in [3.05, 3.63) is 0 Å². The van der Waals surface area contributed by atoms with Crippen LogP contribution in [0.15, 0.2) is 0 Å². The molecule has 0 amide bonds. The van der Waals surface area contributed by atoms with E-state index in [-0.39, 0.29) is 31.1 Å². The molecule has 0 rings (SSSR count). The van der Waals surface area contributed by atoms with Crippen LogP contribution in [0.1, 0.15) is 374 Å². The van der Waals surface area contributed by atoms with E-state index in [1.807, 2.05) is 0 Å². The van der Waals surface area contributed by atoms with Gasteiger partial charge in [-0.05, 0) is 19.3 Å². The highest BCUT2D eigenvalue weighted by Gasteiger charge is 2.19. The van der Waals surface area contributed by atoms with Gasteiger partial charge in [0.05, 0.1) is 0 Å². The zero-order valence-corrected chi connectivity index (χ0v) is 47.8. The fourth-order valence-electron chi connectivity index (χ4n) is 10.0. The van der Waals surface area contributed by atoms with Crippen molar-refractivity contribution in [2.24, 2.45) is 0 Å². The van der Waals surface area contributed by atoms with Crippen molar-refractivity contribution >= 4 is 17.9 Å². The van der Waals surface area contributed by atoms with Crippen LogP contribution >= 0.6 is 0 Å². The highest BCUT2D eigenvalue weighted by Crippen LogP contribution is 2.19. The van der Waals surface area contributed by atoms with Crippen LogP contribution in [0.4, 0.5) is 0 Å². The lowest BCUT2D eigenvalue weighted by Gasteiger charge is -2.18. The molecule has 0 aliphatic carbocycles. The number of carbonyl (C=O) groups excluding carboxylic acids is 3. The summed E-state index contributed by atoms with van der Waals surface area (Å²) in [6.45, 7) is 6.72. The predicted octanol–water partition coefficient (Wildman–Crippen LogP) is 21.5. The summed E-state index contributed by atoms with van der Waals surface area (Å²) < 4.78 is 16.9. The van der Waals surface area contributed by atoms with Gasteiger partial charge < -0.3 is 14.2 Å². The van der Waals surface area contributed by atoms with Crippen LogP contribution in [0.25, 0.3) is 0 Å². The molecule has 0 saturated carbocycles. The van der Waals surface area contributed by atoms with Crippen LogP contribution in [0.5, 0.6) is 0 Å². The van der Waals surface area contributed by atoms with E-state index in [2.05, 4.69) is 20.8 Å². The molecule has 0 saturated heterocycles. The maximum absolute atomic E-state index is 12.9. The van der Waals surface area contributed by atoms with E-state index >= 15 is 0 Å². The molecule has 0 aromatic heterocycles. The Morgan fingerprint density at radius 1 is 0.229 bits per heavy atom. The zero-order valence-electron chi connectivity index (χ0n) is 47.8. The molecule has 0 aliphatic heterocycles. The first-order valence-electron chi connectivity index (χ1n) is 32.0. The molecule has 0 aromatic rings. The van der Waals surface area contributed by atoms with E-state index < -0.39 is 6.10 Å². The molecular weight excluding hydrogens is 865 g/mol. The summed E-state index contributed by atoms with van der Waals surface area (Å²) in [6.07, 6.45) is 68.2. The number of unbranched alkanes of at least 4 members (excludes halogenated alkanes) is 49. The molecule has 6 nitrogen and oxygen atoms in total. The summed E-state index contributed by atoms with van der Waals surface area (Å²) in [4.78, 5) is 38.3. The van der Waals surface area contributed by atoms with Crippen LogP contribution < -0.4 is 0 Å². The maximum Gasteiger partial charge on any atom is 0.306 e. The Morgan fingerprint density at radius 3 is 0.571 bits per heavy atom. The summed E-state index contributed by atoms with van der Waals surface area (Å²) in [5, 5.41) is 0. The third-order valence-electron chi connectivity index (χ3n) is 14.9. The van der Waals surface area contributed by atoms with E-state index in [9.17, 15) is 14.4 Å². The third-order valence-corrected chi connectivity index (χ3v) is 14.9. The lowest BCUT2D eigenvalue weighted by Crippen LogP contribution is -2.30. The topological polar surface area (TPSA) is 78.9 Å². The van der Waals surface area contributed by atoms with Gasteiger partial charge in [-0.15, -0.1) is 0 Å². The standard InChI is InChI=1S/C64H124O6/c1-4-7-10-13-16-19-22-25-28-29-30-31-32-33-34-35-37-39-42-45-48-51-54-57-63(66)69-60-61(59-68-62(65)56-53-50-47-44-41-38-27-24-21-18-15-12-9-6-3)70-64(67)58-55-52-49-46-43-40-36-26-23-20-17-14-11-8-5-2/h61H,4-60H2,1-3H3. The first-order chi connectivity index (χ1) is 34.5. The van der Waals surface area contributed by atoms with Gasteiger partial charge in [-0.1, -0.05) is 335 Å². The minimum atomic E-state index is -0.762. The van der Waals surface area contributed by atoms with E-state index in [4.69, 9.17) is 14.2 Å². The zero-order chi connectivity index (χ0) is 50.7. The number of carbonyl (C=O) groups is 3. The minimum absolute atomic E-state index is 0.0606. The summed E-state index contributed by atoms with van der Waals surface area (Å²) >= 11 is 0. The van der Waals surface area contributed by atoms with Gasteiger partial charge in [0, 0.05) is 19.3 Å². The van der Waals surface area contributed by atoms with Crippen LogP contribution in [0.3, 0.4) is 0 Å². The lowest BCUT2D eigenvalue weighted by molar-refractivity contribution is -0.167. The van der Waals surface area contributed by atoms with Crippen LogP contribution in [-0.4, -0.2) is 37.2 Å². The van der Waals surface area contributed by atoms with Gasteiger partial charge in [-0.25, -0.2) is 0 Å². The average Bonchev–Trinajstić information content (AvgIpc) is 3.36. The Kier molecular flexibility index (Phi) is 58.6. The minimum Gasteiger partial charge on any atom is -0.462 e. The van der Waals surface area contributed by atoms with Crippen molar-refractivity contribution in [1.29, 1.82) is 0 Å². The van der Waals surface area contributed by atoms with Crippen molar-refractivity contribution in [3.8, 4) is 0 Å². The molecule has 0 aromatic carbocycles. The van der Waals surface area contributed by atoms with E-state index in [1.54, 1.807) is 0 Å². The molecule has 0 heterocycles. The van der Waals surface area contributed by atoms with Gasteiger partial charge in [0.2, 0.25) is 0 Å². The van der Waals surface area contributed by atoms with Gasteiger partial charge in [0.1, 0.15) is 13.2 Å². The number of esters is 3. The Bertz CT molecular complexity index is 1040. The monoisotopic (exact) mass is 989 g/mol. The quantitative estimate of drug-likeness (QED) is 0.0343. The van der Waals surface area contributed by atoms with Crippen molar-refractivity contribution in [1.82, 2.24) is 0 Å². The number of ether oxygens (including phenoxy) is 3. The van der Waals surface area contributed by atoms with Gasteiger partial charge >= 0.3 is 17.9 Å². The van der Waals surface area contributed by atoms with Crippen molar-refractivity contribution in [2.45, 2.75) is 380 Å². The molecule has 0 fully saturated rings. The smallest absolute Gasteiger partial charge is 0.306 e. The summed E-state index contributed by atoms with van der Waals surface area (Å²) in [5.74, 6) is -0.826. The second-order valence-electron chi connectivity index (χ2n) is 22.1. The molecule has 0 bridgehead atoms. The van der Waals surface area contributed by atoms with Crippen LogP contribution in [0.2, 0.25) is 0 Å². The first kappa shape index (κ1) is 68.4. The second-order valence-corrected chi connectivity index (χ2v) is 22.1. The normalized spacial score (nSPS) is 11.9. The van der Waals surface area contributed by atoms with Crippen LogP contribution in [-0.2, 0) is 28.6 Å². The van der Waals surface area contributed by atoms with Crippen molar-refractivity contribution < 1.29 is 28.6 Å². The number of hydrogen-bond acceptors (Lipinski definition) is 6. The predicted molar refractivity (Wildman–Crippen MR) is 303 cm³/mol. The molecule has 0 radical (unpaired) electrons. The molecule has 416 valence electrons. The largest absolute Gasteiger partial charge is 0.462 e. The second kappa shape index (κ2) is 60.0. The Balaban J connectivity index is 4.21. The molecule has 6 heteroatoms. The molecule has 0 spiro atoms. The highest BCUT2D eigenvalue weighted by molar-refractivity contribution is 5.71. The number of rotatable bonds is 60. The fraction of sp³-hybridized carbons (Fsp3) is 0.953. The Labute approximate surface area is 438 Å². The summed E-state index contributed by atoms with van der Waals surface area (Å²) in [7, 11) is 0. The molecule has 0 aliphatic rings. The van der Waals surface area contributed by atoms with E-state index in [0.29, 0.717) is 19.3 Å². The summed E-state index contributed by atoms with van der Waals surface area (Å²) in [5.41, 5.74) is 0. The fourth-order valence-corrected chi connectivity index (χ4v) is 10.0. The lowest BCUT2D eigenvalue weighted by atomic mass is 10.0. The Morgan fingerprint density at radius 2 is 0.386 bits per heavy atom. The third kappa shape index (κ3) is 57.3. The van der Waals surface area contributed by atoms with E-state index in [1.165, 1.54) is 276 Å².